The summed E-state index contributed by atoms with van der Waals surface area (Å²) in [5.74, 6) is 0.350. The van der Waals surface area contributed by atoms with Crippen LogP contribution in [-0.4, -0.2) is 38.5 Å². The number of aliphatic hydroxyl groups excluding tert-OH is 1. The first-order chi connectivity index (χ1) is 6.23. The molecule has 0 saturated carbocycles. The lowest BCUT2D eigenvalue weighted by atomic mass is 10.3. The molecule has 0 aromatic rings. The average Bonchev–Trinajstić information content (AvgIpc) is 1.99. The summed E-state index contributed by atoms with van der Waals surface area (Å²) in [4.78, 5) is 0. The third-order valence-corrected chi connectivity index (χ3v) is 3.84. The van der Waals surface area contributed by atoms with Crippen molar-refractivity contribution >= 4 is 10.8 Å². The Morgan fingerprint density at radius 1 is 1.36 bits per heavy atom. The SMILES string of the molecule is CC(C)NCC(O)CS(=O)C(C)(C)C. The van der Waals surface area contributed by atoms with E-state index in [0.29, 0.717) is 18.3 Å². The lowest BCUT2D eigenvalue weighted by molar-refractivity contribution is 0.191. The maximum atomic E-state index is 11.6. The number of hydrogen-bond acceptors (Lipinski definition) is 3. The minimum atomic E-state index is -0.972. The Morgan fingerprint density at radius 2 is 1.86 bits per heavy atom. The highest BCUT2D eigenvalue weighted by Gasteiger charge is 2.21. The number of aliphatic hydroxyl groups is 1. The average molecular weight is 221 g/mol. The maximum Gasteiger partial charge on any atom is 0.0779 e. The summed E-state index contributed by atoms with van der Waals surface area (Å²) in [7, 11) is -0.972. The van der Waals surface area contributed by atoms with E-state index in [-0.39, 0.29) is 4.75 Å². The third kappa shape index (κ3) is 6.51. The molecule has 2 N–H and O–H groups in total. The van der Waals surface area contributed by atoms with Gasteiger partial charge in [-0.2, -0.15) is 0 Å². The van der Waals surface area contributed by atoms with Gasteiger partial charge >= 0.3 is 0 Å². The Hall–Kier alpha value is 0.0700. The molecule has 0 aliphatic heterocycles. The van der Waals surface area contributed by atoms with E-state index in [4.69, 9.17) is 0 Å². The van der Waals surface area contributed by atoms with Crippen LogP contribution in [0.4, 0.5) is 0 Å². The highest BCUT2D eigenvalue weighted by Crippen LogP contribution is 2.11. The summed E-state index contributed by atoms with van der Waals surface area (Å²) in [5.41, 5.74) is 0. The Kier molecular flexibility index (Phi) is 5.86. The van der Waals surface area contributed by atoms with E-state index in [1.165, 1.54) is 0 Å². The van der Waals surface area contributed by atoms with E-state index in [0.717, 1.165) is 0 Å². The predicted molar refractivity (Wildman–Crippen MR) is 61.9 cm³/mol. The first kappa shape index (κ1) is 14.1. The molecule has 86 valence electrons. The summed E-state index contributed by atoms with van der Waals surface area (Å²) in [6, 6.07) is 0.354. The van der Waals surface area contributed by atoms with E-state index in [2.05, 4.69) is 5.32 Å². The van der Waals surface area contributed by atoms with Crippen molar-refractivity contribution in [1.29, 1.82) is 0 Å². The van der Waals surface area contributed by atoms with Gasteiger partial charge in [-0.1, -0.05) is 13.8 Å². The van der Waals surface area contributed by atoms with Crippen molar-refractivity contribution in [3.05, 3.63) is 0 Å². The standard InChI is InChI=1S/C10H23NO2S/c1-8(2)11-6-9(12)7-14(13)10(3,4)5/h8-9,11-12H,6-7H2,1-5H3. The van der Waals surface area contributed by atoms with E-state index in [9.17, 15) is 9.32 Å². The van der Waals surface area contributed by atoms with Gasteiger partial charge in [-0.25, -0.2) is 0 Å². The Morgan fingerprint density at radius 3 is 2.21 bits per heavy atom. The smallest absolute Gasteiger partial charge is 0.0779 e. The van der Waals surface area contributed by atoms with Gasteiger partial charge in [0, 0.05) is 28.1 Å². The first-order valence-corrected chi connectivity index (χ1v) is 6.35. The summed E-state index contributed by atoms with van der Waals surface area (Å²) in [5, 5.41) is 12.7. The second-order valence-electron chi connectivity index (χ2n) is 4.84. The van der Waals surface area contributed by atoms with Crippen molar-refractivity contribution in [2.24, 2.45) is 0 Å². The molecule has 0 aliphatic rings. The van der Waals surface area contributed by atoms with Crippen LogP contribution in [-0.2, 0) is 10.8 Å². The van der Waals surface area contributed by atoms with Gasteiger partial charge in [0.2, 0.25) is 0 Å². The highest BCUT2D eigenvalue weighted by molar-refractivity contribution is 7.86. The van der Waals surface area contributed by atoms with Gasteiger partial charge in [-0.05, 0) is 20.8 Å². The van der Waals surface area contributed by atoms with Gasteiger partial charge in [-0.3, -0.25) is 4.21 Å². The van der Waals surface area contributed by atoms with Crippen molar-refractivity contribution < 1.29 is 9.32 Å². The minimum Gasteiger partial charge on any atom is -0.391 e. The monoisotopic (exact) mass is 221 g/mol. The fraction of sp³-hybridized carbons (Fsp3) is 1.00. The van der Waals surface area contributed by atoms with Crippen LogP contribution in [0.1, 0.15) is 34.6 Å². The van der Waals surface area contributed by atoms with Crippen LogP contribution in [0.3, 0.4) is 0 Å². The van der Waals surface area contributed by atoms with Gasteiger partial charge in [0.25, 0.3) is 0 Å². The third-order valence-electron chi connectivity index (χ3n) is 1.79. The summed E-state index contributed by atoms with van der Waals surface area (Å²) in [6.07, 6.45) is -0.516. The van der Waals surface area contributed by atoms with Crippen LogP contribution in [0.5, 0.6) is 0 Å². The Labute approximate surface area is 89.7 Å². The highest BCUT2D eigenvalue weighted by atomic mass is 32.2. The molecule has 0 radical (unpaired) electrons. The molecule has 0 aromatic heterocycles. The van der Waals surface area contributed by atoms with Crippen LogP contribution >= 0.6 is 0 Å². The van der Waals surface area contributed by atoms with E-state index >= 15 is 0 Å². The van der Waals surface area contributed by atoms with E-state index in [1.54, 1.807) is 0 Å². The van der Waals surface area contributed by atoms with Gasteiger partial charge in [0.05, 0.1) is 11.9 Å². The molecule has 2 atom stereocenters. The summed E-state index contributed by atoms with van der Waals surface area (Å²) >= 11 is 0. The molecule has 0 heterocycles. The fourth-order valence-corrected chi connectivity index (χ4v) is 1.82. The summed E-state index contributed by atoms with van der Waals surface area (Å²) in [6.45, 7) is 10.3. The molecule has 3 nitrogen and oxygen atoms in total. The van der Waals surface area contributed by atoms with Crippen LogP contribution in [0.25, 0.3) is 0 Å². The number of rotatable bonds is 5. The molecular weight excluding hydrogens is 198 g/mol. The lowest BCUT2D eigenvalue weighted by Gasteiger charge is -2.21. The second-order valence-corrected chi connectivity index (χ2v) is 7.09. The number of nitrogens with one attached hydrogen (secondary N) is 1. The first-order valence-electron chi connectivity index (χ1n) is 5.03. The van der Waals surface area contributed by atoms with Crippen LogP contribution in [0.15, 0.2) is 0 Å². The maximum absolute atomic E-state index is 11.6. The van der Waals surface area contributed by atoms with Crippen molar-refractivity contribution in [1.82, 2.24) is 5.32 Å². The van der Waals surface area contributed by atoms with Crippen molar-refractivity contribution in [3.8, 4) is 0 Å². The van der Waals surface area contributed by atoms with Crippen molar-refractivity contribution in [3.63, 3.8) is 0 Å². The normalized spacial score (nSPS) is 17.1. The molecule has 0 bridgehead atoms. The molecule has 2 unspecified atom stereocenters. The molecular formula is C10H23NO2S. The van der Waals surface area contributed by atoms with Crippen molar-refractivity contribution in [2.75, 3.05) is 12.3 Å². The Balaban J connectivity index is 3.83. The van der Waals surface area contributed by atoms with Gasteiger partial charge in [-0.15, -0.1) is 0 Å². The zero-order chi connectivity index (χ0) is 11.4. The second kappa shape index (κ2) is 5.83. The lowest BCUT2D eigenvalue weighted by Crippen LogP contribution is -2.37. The quantitative estimate of drug-likeness (QED) is 0.725. The molecule has 0 spiro atoms. The molecule has 4 heteroatoms. The molecule has 0 saturated heterocycles. The van der Waals surface area contributed by atoms with Gasteiger partial charge < -0.3 is 10.4 Å². The van der Waals surface area contributed by atoms with Gasteiger partial charge in [0.15, 0.2) is 0 Å². The Bertz CT molecular complexity index is 187. The van der Waals surface area contributed by atoms with Gasteiger partial charge in [0.1, 0.15) is 0 Å². The van der Waals surface area contributed by atoms with E-state index in [1.807, 2.05) is 34.6 Å². The zero-order valence-electron chi connectivity index (χ0n) is 9.83. The largest absolute Gasteiger partial charge is 0.391 e. The van der Waals surface area contributed by atoms with Crippen molar-refractivity contribution in [2.45, 2.75) is 51.5 Å². The van der Waals surface area contributed by atoms with Crippen LogP contribution in [0, 0.1) is 0 Å². The molecule has 14 heavy (non-hydrogen) atoms. The zero-order valence-corrected chi connectivity index (χ0v) is 10.6. The molecule has 0 amide bonds. The predicted octanol–water partition coefficient (Wildman–Crippen LogP) is 0.892. The fourth-order valence-electron chi connectivity index (χ4n) is 0.855. The number of hydrogen-bond donors (Lipinski definition) is 2. The van der Waals surface area contributed by atoms with E-state index < -0.39 is 16.9 Å². The van der Waals surface area contributed by atoms with Crippen LogP contribution in [0.2, 0.25) is 0 Å². The topological polar surface area (TPSA) is 49.3 Å². The molecule has 0 rings (SSSR count). The van der Waals surface area contributed by atoms with Crippen LogP contribution < -0.4 is 5.32 Å². The molecule has 0 aliphatic carbocycles. The minimum absolute atomic E-state index is 0.237. The summed E-state index contributed by atoms with van der Waals surface area (Å²) < 4.78 is 11.4. The molecule has 0 aromatic carbocycles. The molecule has 0 fully saturated rings.